The smallest absolute Gasteiger partial charge is 0.220 e. The summed E-state index contributed by atoms with van der Waals surface area (Å²) in [5.74, 6) is 0.140. The fourth-order valence-corrected chi connectivity index (χ4v) is 3.83. The number of hydrogen-bond acceptors (Lipinski definition) is 4. The van der Waals surface area contributed by atoms with Crippen LogP contribution in [0.3, 0.4) is 0 Å². The number of aromatic nitrogens is 5. The van der Waals surface area contributed by atoms with Gasteiger partial charge < -0.3 is 9.88 Å². The van der Waals surface area contributed by atoms with E-state index in [2.05, 4.69) is 43.3 Å². The van der Waals surface area contributed by atoms with Crippen molar-refractivity contribution in [3.63, 3.8) is 0 Å². The highest BCUT2D eigenvalue weighted by Crippen LogP contribution is 2.31. The summed E-state index contributed by atoms with van der Waals surface area (Å²) >= 11 is 0. The van der Waals surface area contributed by atoms with Gasteiger partial charge in [0.05, 0.1) is 0 Å². The highest BCUT2D eigenvalue weighted by Gasteiger charge is 2.24. The summed E-state index contributed by atoms with van der Waals surface area (Å²) in [5.41, 5.74) is 1.06. The Morgan fingerprint density at radius 3 is 2.92 bits per heavy atom. The van der Waals surface area contributed by atoms with Gasteiger partial charge in [0, 0.05) is 42.8 Å². The molecule has 0 atom stereocenters. The van der Waals surface area contributed by atoms with Crippen LogP contribution in [0.1, 0.15) is 44.6 Å². The van der Waals surface area contributed by atoms with Gasteiger partial charge in [-0.25, -0.2) is 9.97 Å². The van der Waals surface area contributed by atoms with E-state index in [4.69, 9.17) is 0 Å². The number of nitrogens with zero attached hydrogens (tertiary/aromatic N) is 5. The summed E-state index contributed by atoms with van der Waals surface area (Å²) in [6.45, 7) is 0.730. The van der Waals surface area contributed by atoms with E-state index in [0.717, 1.165) is 44.3 Å². The van der Waals surface area contributed by atoms with Gasteiger partial charge in [-0.05, 0) is 50.3 Å². The molecule has 1 saturated carbocycles. The summed E-state index contributed by atoms with van der Waals surface area (Å²) in [5, 5.41) is 8.43. The molecule has 1 N–H and O–H groups in total. The van der Waals surface area contributed by atoms with Crippen molar-refractivity contribution in [3.05, 3.63) is 43.2 Å². The van der Waals surface area contributed by atoms with Gasteiger partial charge in [-0.15, -0.1) is 0 Å². The summed E-state index contributed by atoms with van der Waals surface area (Å²) in [7, 11) is 0. The van der Waals surface area contributed by atoms with Crippen LogP contribution in [0.5, 0.6) is 0 Å². The van der Waals surface area contributed by atoms with E-state index < -0.39 is 0 Å². The molecule has 0 unspecified atom stereocenters. The predicted octanol–water partition coefficient (Wildman–Crippen LogP) is 2.71. The second kappa shape index (κ2) is 7.68. The second-order valence-corrected chi connectivity index (χ2v) is 6.97. The summed E-state index contributed by atoms with van der Waals surface area (Å²) in [6.07, 6.45) is 12.7. The van der Waals surface area contributed by atoms with Gasteiger partial charge in [0.1, 0.15) is 18.3 Å². The molecule has 7 heteroatoms. The third-order valence-electron chi connectivity index (χ3n) is 5.19. The highest BCUT2D eigenvalue weighted by atomic mass is 16.1. The van der Waals surface area contributed by atoms with Gasteiger partial charge in [-0.1, -0.05) is 0 Å². The monoisotopic (exact) mass is 352 g/mol. The number of carbonyl (C=O) groups excluding carboxylic acids is 1. The topological polar surface area (TPSA) is 77.6 Å². The molecule has 0 radical (unpaired) electrons. The SMILES string of the molecule is O=C(CCCn1cncn1)NC1CCC(n2ccc3cccnc32)CC1. The highest BCUT2D eigenvalue weighted by molar-refractivity contribution is 5.76. The standard InChI is InChI=1S/C19H24N6O/c26-18(4-2-11-24-14-20-13-22-24)23-16-5-7-17(8-6-16)25-12-9-15-3-1-10-21-19(15)25/h1,3,9-10,12-14,16-17H,2,4-8,11H2,(H,23,26). The second-order valence-electron chi connectivity index (χ2n) is 6.97. The van der Waals surface area contributed by atoms with Crippen LogP contribution < -0.4 is 5.32 Å². The minimum absolute atomic E-state index is 0.140. The maximum atomic E-state index is 12.2. The Morgan fingerprint density at radius 2 is 2.12 bits per heavy atom. The zero-order valence-corrected chi connectivity index (χ0v) is 14.8. The third-order valence-corrected chi connectivity index (χ3v) is 5.19. The normalized spacial score (nSPS) is 20.3. The lowest BCUT2D eigenvalue weighted by molar-refractivity contribution is -0.122. The molecule has 136 valence electrons. The fraction of sp³-hybridized carbons (Fsp3) is 0.474. The lowest BCUT2D eigenvalue weighted by Crippen LogP contribution is -2.37. The zero-order valence-electron chi connectivity index (χ0n) is 14.8. The first-order valence-electron chi connectivity index (χ1n) is 9.33. The molecule has 0 bridgehead atoms. The largest absolute Gasteiger partial charge is 0.353 e. The Morgan fingerprint density at radius 1 is 1.23 bits per heavy atom. The summed E-state index contributed by atoms with van der Waals surface area (Å²) < 4.78 is 4.05. The van der Waals surface area contributed by atoms with Crippen LogP contribution in [-0.4, -0.2) is 36.3 Å². The Labute approximate surface area is 152 Å². The lowest BCUT2D eigenvalue weighted by Gasteiger charge is -2.30. The molecule has 7 nitrogen and oxygen atoms in total. The molecule has 1 amide bonds. The van der Waals surface area contributed by atoms with E-state index in [1.54, 1.807) is 11.0 Å². The molecule has 3 heterocycles. The molecule has 0 saturated heterocycles. The molecule has 4 rings (SSSR count). The van der Waals surface area contributed by atoms with E-state index in [0.29, 0.717) is 18.5 Å². The maximum absolute atomic E-state index is 12.2. The zero-order chi connectivity index (χ0) is 17.8. The van der Waals surface area contributed by atoms with Crippen LogP contribution in [0.15, 0.2) is 43.2 Å². The fourth-order valence-electron chi connectivity index (χ4n) is 3.83. The van der Waals surface area contributed by atoms with E-state index >= 15 is 0 Å². The van der Waals surface area contributed by atoms with Crippen LogP contribution in [0.4, 0.5) is 0 Å². The Bertz CT molecular complexity index is 848. The first-order valence-corrected chi connectivity index (χ1v) is 9.33. The van der Waals surface area contributed by atoms with Crippen molar-refractivity contribution >= 4 is 16.9 Å². The average Bonchev–Trinajstić information content (AvgIpc) is 3.32. The number of aryl methyl sites for hydroxylation is 1. The third kappa shape index (κ3) is 3.76. The molecule has 3 aromatic heterocycles. The van der Waals surface area contributed by atoms with Gasteiger partial charge >= 0.3 is 0 Å². The van der Waals surface area contributed by atoms with Crippen LogP contribution in [0.25, 0.3) is 11.0 Å². The van der Waals surface area contributed by atoms with Crippen molar-refractivity contribution in [2.45, 2.75) is 57.2 Å². The Balaban J connectivity index is 1.24. The van der Waals surface area contributed by atoms with E-state index in [1.807, 2.05) is 12.3 Å². The average molecular weight is 352 g/mol. The van der Waals surface area contributed by atoms with E-state index in [-0.39, 0.29) is 5.91 Å². The lowest BCUT2D eigenvalue weighted by atomic mass is 9.91. The van der Waals surface area contributed by atoms with Gasteiger partial charge in [-0.3, -0.25) is 9.48 Å². The maximum Gasteiger partial charge on any atom is 0.220 e. The molecule has 1 aliphatic carbocycles. The minimum Gasteiger partial charge on any atom is -0.353 e. The number of hydrogen-bond donors (Lipinski definition) is 1. The first kappa shape index (κ1) is 16.8. The number of carbonyl (C=O) groups is 1. The molecule has 0 aliphatic heterocycles. The van der Waals surface area contributed by atoms with E-state index in [1.165, 1.54) is 11.7 Å². The van der Waals surface area contributed by atoms with Crippen molar-refractivity contribution in [2.75, 3.05) is 0 Å². The molecule has 3 aromatic rings. The van der Waals surface area contributed by atoms with Crippen molar-refractivity contribution in [3.8, 4) is 0 Å². The number of rotatable bonds is 6. The molecule has 0 aromatic carbocycles. The number of amides is 1. The molecular weight excluding hydrogens is 328 g/mol. The van der Waals surface area contributed by atoms with Crippen molar-refractivity contribution < 1.29 is 4.79 Å². The van der Waals surface area contributed by atoms with Crippen LogP contribution in [0, 0.1) is 0 Å². The first-order chi connectivity index (χ1) is 12.8. The Hall–Kier alpha value is -2.70. The molecule has 26 heavy (non-hydrogen) atoms. The molecule has 1 aliphatic rings. The van der Waals surface area contributed by atoms with Gasteiger partial charge in [0.25, 0.3) is 0 Å². The summed E-state index contributed by atoms with van der Waals surface area (Å²) in [4.78, 5) is 20.6. The number of fused-ring (bicyclic) bond motifs is 1. The minimum atomic E-state index is 0.140. The van der Waals surface area contributed by atoms with Crippen molar-refractivity contribution in [2.24, 2.45) is 0 Å². The van der Waals surface area contributed by atoms with Gasteiger partial charge in [0.15, 0.2) is 0 Å². The van der Waals surface area contributed by atoms with Crippen LogP contribution in [-0.2, 0) is 11.3 Å². The van der Waals surface area contributed by atoms with Gasteiger partial charge in [0.2, 0.25) is 5.91 Å². The number of pyridine rings is 1. The Kier molecular flexibility index (Phi) is 4.95. The predicted molar refractivity (Wildman–Crippen MR) is 98.4 cm³/mol. The van der Waals surface area contributed by atoms with Crippen LogP contribution >= 0.6 is 0 Å². The number of nitrogens with one attached hydrogen (secondary N) is 1. The van der Waals surface area contributed by atoms with E-state index in [9.17, 15) is 4.79 Å². The molecule has 1 fully saturated rings. The van der Waals surface area contributed by atoms with Crippen molar-refractivity contribution in [1.29, 1.82) is 0 Å². The quantitative estimate of drug-likeness (QED) is 0.740. The summed E-state index contributed by atoms with van der Waals surface area (Å²) in [6, 6.07) is 6.97. The van der Waals surface area contributed by atoms with Crippen molar-refractivity contribution in [1.82, 2.24) is 29.6 Å². The molecule has 0 spiro atoms. The molecular formula is C19H24N6O. The van der Waals surface area contributed by atoms with Gasteiger partial charge in [-0.2, -0.15) is 5.10 Å². The van der Waals surface area contributed by atoms with Crippen LogP contribution in [0.2, 0.25) is 0 Å².